The zero-order chi connectivity index (χ0) is 23.7. The van der Waals surface area contributed by atoms with E-state index in [0.29, 0.717) is 28.1 Å². The highest BCUT2D eigenvalue weighted by atomic mass is 79.9. The summed E-state index contributed by atoms with van der Waals surface area (Å²) in [5.74, 6) is -0.688. The number of nitrogens with one attached hydrogen (secondary N) is 1. The van der Waals surface area contributed by atoms with Gasteiger partial charge in [-0.2, -0.15) is 5.10 Å². The van der Waals surface area contributed by atoms with Crippen LogP contribution in [0.5, 0.6) is 0 Å². The number of benzene rings is 2. The second kappa shape index (κ2) is 8.99. The third-order valence-electron chi connectivity index (χ3n) is 5.02. The van der Waals surface area contributed by atoms with Gasteiger partial charge < -0.3 is 15.8 Å². The number of hydrogen-bond acceptors (Lipinski definition) is 7. The lowest BCUT2D eigenvalue weighted by molar-refractivity contribution is -0.152. The van der Waals surface area contributed by atoms with Crippen LogP contribution in [0.15, 0.2) is 53.3 Å². The minimum Gasteiger partial charge on any atom is -0.447 e. The number of anilines is 2. The summed E-state index contributed by atoms with van der Waals surface area (Å²) in [6, 6.07) is 12.4. The summed E-state index contributed by atoms with van der Waals surface area (Å²) >= 11 is 3.38. The molecule has 0 saturated heterocycles. The van der Waals surface area contributed by atoms with Gasteiger partial charge in [0.05, 0.1) is 11.4 Å². The van der Waals surface area contributed by atoms with Gasteiger partial charge in [0.2, 0.25) is 6.10 Å². The Morgan fingerprint density at radius 3 is 2.64 bits per heavy atom. The van der Waals surface area contributed by atoms with Gasteiger partial charge in [0.15, 0.2) is 5.82 Å². The standard InChI is InChI=1S/C23H21BrN6O3/c1-12-9-17(28-23(32)21(33-14(3)31)15-5-4-6-16(24)10-15)7-8-18(12)30-20-19(13(2)29-30)26-11-27-22(20)25/h4-11,21H,1-3H3,(H,28,32)(H2,25,26,27). The van der Waals surface area contributed by atoms with Crippen molar-refractivity contribution in [3.8, 4) is 5.69 Å². The highest BCUT2D eigenvalue weighted by molar-refractivity contribution is 9.10. The molecule has 168 valence electrons. The van der Waals surface area contributed by atoms with Crippen molar-refractivity contribution in [2.45, 2.75) is 26.9 Å². The number of esters is 1. The Balaban J connectivity index is 1.65. The number of carbonyl (C=O) groups excluding carboxylic acids is 2. The smallest absolute Gasteiger partial charge is 0.303 e. The molecule has 0 aliphatic heterocycles. The molecular weight excluding hydrogens is 488 g/mol. The maximum absolute atomic E-state index is 13.0. The van der Waals surface area contributed by atoms with Crippen LogP contribution in [-0.2, 0) is 14.3 Å². The Morgan fingerprint density at radius 2 is 1.94 bits per heavy atom. The van der Waals surface area contributed by atoms with Crippen LogP contribution in [0.3, 0.4) is 0 Å². The number of aryl methyl sites for hydroxylation is 2. The fraction of sp³-hybridized carbons (Fsp3) is 0.174. The third-order valence-corrected chi connectivity index (χ3v) is 5.51. The molecule has 0 saturated carbocycles. The largest absolute Gasteiger partial charge is 0.447 e. The number of fused-ring (bicyclic) bond motifs is 1. The van der Waals surface area contributed by atoms with Gasteiger partial charge in [-0.25, -0.2) is 14.6 Å². The van der Waals surface area contributed by atoms with Crippen LogP contribution >= 0.6 is 15.9 Å². The first kappa shape index (κ1) is 22.4. The maximum Gasteiger partial charge on any atom is 0.303 e. The van der Waals surface area contributed by atoms with Crippen molar-refractivity contribution in [3.63, 3.8) is 0 Å². The number of carbonyl (C=O) groups is 2. The summed E-state index contributed by atoms with van der Waals surface area (Å²) in [6.07, 6.45) is 0.321. The lowest BCUT2D eigenvalue weighted by Gasteiger charge is -2.18. The van der Waals surface area contributed by atoms with Crippen molar-refractivity contribution in [2.24, 2.45) is 0 Å². The van der Waals surface area contributed by atoms with Gasteiger partial charge in [-0.05, 0) is 49.7 Å². The molecule has 2 aromatic carbocycles. The SMILES string of the molecule is CC(=O)OC(C(=O)Nc1ccc(-n2nc(C)c3ncnc(N)c32)c(C)c1)c1cccc(Br)c1. The molecule has 9 nitrogen and oxygen atoms in total. The Hall–Kier alpha value is -3.79. The van der Waals surface area contributed by atoms with Crippen LogP contribution in [0, 0.1) is 13.8 Å². The van der Waals surface area contributed by atoms with Gasteiger partial charge >= 0.3 is 5.97 Å². The topological polar surface area (TPSA) is 125 Å². The molecule has 0 spiro atoms. The molecule has 1 amide bonds. The van der Waals surface area contributed by atoms with Crippen LogP contribution < -0.4 is 11.1 Å². The number of rotatable bonds is 5. The van der Waals surface area contributed by atoms with Crippen LogP contribution in [0.1, 0.15) is 29.8 Å². The maximum atomic E-state index is 13.0. The van der Waals surface area contributed by atoms with Crippen LogP contribution in [-0.4, -0.2) is 31.6 Å². The molecule has 10 heteroatoms. The summed E-state index contributed by atoms with van der Waals surface area (Å²) in [6.45, 7) is 5.01. The van der Waals surface area contributed by atoms with Gasteiger partial charge in [-0.3, -0.25) is 9.59 Å². The van der Waals surface area contributed by atoms with E-state index < -0.39 is 18.0 Å². The fourth-order valence-electron chi connectivity index (χ4n) is 3.57. The zero-order valence-electron chi connectivity index (χ0n) is 18.2. The number of ether oxygens (including phenoxy) is 1. The number of aromatic nitrogens is 4. The van der Waals surface area contributed by atoms with E-state index in [-0.39, 0.29) is 0 Å². The number of amides is 1. The molecule has 3 N–H and O–H groups in total. The predicted molar refractivity (Wildman–Crippen MR) is 128 cm³/mol. The van der Waals surface area contributed by atoms with Gasteiger partial charge in [-0.1, -0.05) is 28.1 Å². The molecule has 33 heavy (non-hydrogen) atoms. The minimum absolute atomic E-state index is 0.329. The average molecular weight is 509 g/mol. The lowest BCUT2D eigenvalue weighted by Crippen LogP contribution is -2.25. The van der Waals surface area contributed by atoms with Crippen molar-refractivity contribution in [1.82, 2.24) is 19.7 Å². The van der Waals surface area contributed by atoms with Crippen LogP contribution in [0.2, 0.25) is 0 Å². The molecule has 2 heterocycles. The number of nitrogens with two attached hydrogens (primary N) is 1. The van der Waals surface area contributed by atoms with E-state index in [1.807, 2.05) is 32.0 Å². The van der Waals surface area contributed by atoms with E-state index in [4.69, 9.17) is 10.5 Å². The lowest BCUT2D eigenvalue weighted by atomic mass is 10.1. The Kier molecular flexibility index (Phi) is 6.10. The molecule has 0 bridgehead atoms. The summed E-state index contributed by atoms with van der Waals surface area (Å²) in [7, 11) is 0. The molecule has 0 fully saturated rings. The van der Waals surface area contributed by atoms with Crippen LogP contribution in [0.25, 0.3) is 16.7 Å². The second-order valence-electron chi connectivity index (χ2n) is 7.49. The zero-order valence-corrected chi connectivity index (χ0v) is 19.8. The minimum atomic E-state index is -1.09. The Morgan fingerprint density at radius 1 is 1.15 bits per heavy atom. The Bertz CT molecular complexity index is 1380. The summed E-state index contributed by atoms with van der Waals surface area (Å²) in [4.78, 5) is 33.0. The molecule has 1 atom stereocenters. The molecule has 4 aromatic rings. The highest BCUT2D eigenvalue weighted by Crippen LogP contribution is 2.28. The van der Waals surface area contributed by atoms with Crippen molar-refractivity contribution >= 4 is 50.3 Å². The van der Waals surface area contributed by atoms with Crippen molar-refractivity contribution in [1.29, 1.82) is 0 Å². The number of nitrogens with zero attached hydrogens (tertiary/aromatic N) is 4. The summed E-state index contributed by atoms with van der Waals surface area (Å²) < 4.78 is 7.77. The molecule has 0 aliphatic carbocycles. The monoisotopic (exact) mass is 508 g/mol. The molecule has 4 rings (SSSR count). The first-order valence-electron chi connectivity index (χ1n) is 10.0. The van der Waals surface area contributed by atoms with Gasteiger partial charge in [-0.15, -0.1) is 0 Å². The van der Waals surface area contributed by atoms with E-state index in [0.717, 1.165) is 21.4 Å². The first-order chi connectivity index (χ1) is 15.7. The van der Waals surface area contributed by atoms with E-state index in [9.17, 15) is 9.59 Å². The van der Waals surface area contributed by atoms with Crippen molar-refractivity contribution in [2.75, 3.05) is 11.1 Å². The Labute approximate surface area is 198 Å². The van der Waals surface area contributed by atoms with E-state index >= 15 is 0 Å². The van der Waals surface area contributed by atoms with Gasteiger partial charge in [0.1, 0.15) is 17.4 Å². The number of nitrogen functional groups attached to an aromatic ring is 1. The quantitative estimate of drug-likeness (QED) is 0.390. The second-order valence-corrected chi connectivity index (χ2v) is 8.40. The van der Waals surface area contributed by atoms with Gasteiger partial charge in [0, 0.05) is 22.6 Å². The summed E-state index contributed by atoms with van der Waals surface area (Å²) in [5, 5.41) is 7.39. The van der Waals surface area contributed by atoms with Crippen LogP contribution in [0.4, 0.5) is 11.5 Å². The molecule has 1 unspecified atom stereocenters. The molecule has 0 aliphatic rings. The molecule has 0 radical (unpaired) electrons. The number of halogens is 1. The average Bonchev–Trinajstić information content (AvgIpc) is 3.09. The predicted octanol–water partition coefficient (Wildman–Crippen LogP) is 4.02. The van der Waals surface area contributed by atoms with Crippen molar-refractivity contribution < 1.29 is 14.3 Å². The normalized spacial score (nSPS) is 11.9. The van der Waals surface area contributed by atoms with Gasteiger partial charge in [0.25, 0.3) is 5.91 Å². The van der Waals surface area contributed by atoms with E-state index in [1.54, 1.807) is 28.9 Å². The first-order valence-corrected chi connectivity index (χ1v) is 10.8. The molecule has 2 aromatic heterocycles. The molecular formula is C23H21BrN6O3. The highest BCUT2D eigenvalue weighted by Gasteiger charge is 2.24. The summed E-state index contributed by atoms with van der Waals surface area (Å²) in [5.41, 5.74) is 10.8. The van der Waals surface area contributed by atoms with E-state index in [2.05, 4.69) is 36.3 Å². The third kappa shape index (κ3) is 4.56. The van der Waals surface area contributed by atoms with Crippen molar-refractivity contribution in [3.05, 3.63) is 70.1 Å². The number of hydrogen-bond donors (Lipinski definition) is 2. The van der Waals surface area contributed by atoms with E-state index in [1.165, 1.54) is 13.3 Å². The fourth-order valence-corrected chi connectivity index (χ4v) is 3.99.